The second kappa shape index (κ2) is 10.7. The number of carbonyl (C=O) groups is 1. The van der Waals surface area contributed by atoms with Crippen molar-refractivity contribution in [2.75, 3.05) is 6.61 Å². The SMILES string of the molecule is CCOc1cc(/C=C/C(=O)NC(C)c2nc(-c3ccccc3)cs2)ccc1OC(F)F. The van der Waals surface area contributed by atoms with Gasteiger partial charge in [-0.2, -0.15) is 8.78 Å². The number of nitrogens with one attached hydrogen (secondary N) is 1. The van der Waals surface area contributed by atoms with Crippen LogP contribution in [0.3, 0.4) is 0 Å². The summed E-state index contributed by atoms with van der Waals surface area (Å²) in [5.74, 6) is -0.158. The van der Waals surface area contributed by atoms with Crippen LogP contribution in [0.5, 0.6) is 11.5 Å². The molecule has 31 heavy (non-hydrogen) atoms. The average Bonchev–Trinajstić information content (AvgIpc) is 3.25. The standard InChI is InChI=1S/C23H22F2N2O3S/c1-3-29-20-13-16(9-11-19(20)30-23(24)25)10-12-21(28)26-15(2)22-27-18(14-31-22)17-7-5-4-6-8-17/h4-15,23H,3H2,1-2H3,(H,26,28)/b12-10+. The Morgan fingerprint density at radius 3 is 2.68 bits per heavy atom. The van der Waals surface area contributed by atoms with Crippen molar-refractivity contribution in [3.05, 3.63) is 70.6 Å². The first kappa shape index (κ1) is 22.4. The van der Waals surface area contributed by atoms with E-state index in [1.165, 1.54) is 23.5 Å². The number of amides is 1. The smallest absolute Gasteiger partial charge is 0.387 e. The number of nitrogens with zero attached hydrogens (tertiary/aromatic N) is 1. The van der Waals surface area contributed by atoms with E-state index in [0.29, 0.717) is 12.2 Å². The third-order valence-corrected chi connectivity index (χ3v) is 5.26. The third kappa shape index (κ3) is 6.36. The molecule has 1 N–H and O–H groups in total. The second-order valence-corrected chi connectivity index (χ2v) is 7.41. The summed E-state index contributed by atoms with van der Waals surface area (Å²) in [6.45, 7) is 0.957. The molecule has 0 fully saturated rings. The Balaban J connectivity index is 1.63. The van der Waals surface area contributed by atoms with Crippen molar-refractivity contribution in [3.63, 3.8) is 0 Å². The highest BCUT2D eigenvalue weighted by Crippen LogP contribution is 2.30. The molecule has 3 aromatic rings. The zero-order valence-electron chi connectivity index (χ0n) is 17.0. The molecule has 1 amide bonds. The minimum atomic E-state index is -2.94. The number of hydrogen-bond acceptors (Lipinski definition) is 5. The molecule has 8 heteroatoms. The molecule has 1 atom stereocenters. The normalized spacial score (nSPS) is 12.2. The molecular weight excluding hydrogens is 422 g/mol. The minimum absolute atomic E-state index is 0.0509. The number of thiazole rings is 1. The molecule has 0 saturated heterocycles. The van der Waals surface area contributed by atoms with Crippen molar-refractivity contribution in [2.45, 2.75) is 26.5 Å². The Hall–Kier alpha value is -3.26. The number of benzene rings is 2. The third-order valence-electron chi connectivity index (χ3n) is 4.23. The van der Waals surface area contributed by atoms with Gasteiger partial charge in [0.15, 0.2) is 11.5 Å². The summed E-state index contributed by atoms with van der Waals surface area (Å²) >= 11 is 1.48. The number of hydrogen-bond donors (Lipinski definition) is 1. The van der Waals surface area contributed by atoms with Gasteiger partial charge in [0.1, 0.15) is 5.01 Å². The zero-order chi connectivity index (χ0) is 22.2. The molecule has 162 valence electrons. The van der Waals surface area contributed by atoms with E-state index in [2.05, 4.69) is 15.0 Å². The van der Waals surface area contributed by atoms with Gasteiger partial charge < -0.3 is 14.8 Å². The predicted molar refractivity (Wildman–Crippen MR) is 117 cm³/mol. The Labute approximate surface area is 183 Å². The molecule has 0 saturated carbocycles. The van der Waals surface area contributed by atoms with E-state index in [9.17, 15) is 13.6 Å². The van der Waals surface area contributed by atoms with Gasteiger partial charge in [-0.15, -0.1) is 11.3 Å². The molecule has 1 unspecified atom stereocenters. The van der Waals surface area contributed by atoms with Crippen LogP contribution < -0.4 is 14.8 Å². The van der Waals surface area contributed by atoms with E-state index in [-0.39, 0.29) is 23.4 Å². The van der Waals surface area contributed by atoms with Gasteiger partial charge in [-0.3, -0.25) is 4.79 Å². The van der Waals surface area contributed by atoms with Crippen molar-refractivity contribution < 1.29 is 23.0 Å². The molecular formula is C23H22F2N2O3S. The number of ether oxygens (including phenoxy) is 2. The summed E-state index contributed by atoms with van der Waals surface area (Å²) in [4.78, 5) is 16.9. The fraction of sp³-hybridized carbons (Fsp3) is 0.217. The van der Waals surface area contributed by atoms with Crippen LogP contribution in [0.4, 0.5) is 8.78 Å². The molecule has 3 rings (SSSR count). The van der Waals surface area contributed by atoms with Crippen LogP contribution in [0.1, 0.15) is 30.5 Å². The van der Waals surface area contributed by atoms with Gasteiger partial charge in [0.25, 0.3) is 0 Å². The van der Waals surface area contributed by atoms with Crippen molar-refractivity contribution >= 4 is 23.3 Å². The molecule has 2 aromatic carbocycles. The van der Waals surface area contributed by atoms with Gasteiger partial charge in [0, 0.05) is 17.0 Å². The van der Waals surface area contributed by atoms with Crippen molar-refractivity contribution in [1.29, 1.82) is 0 Å². The van der Waals surface area contributed by atoms with E-state index in [1.54, 1.807) is 25.1 Å². The molecule has 0 aliphatic carbocycles. The fourth-order valence-corrected chi connectivity index (χ4v) is 3.65. The van der Waals surface area contributed by atoms with Gasteiger partial charge in [-0.1, -0.05) is 36.4 Å². The van der Waals surface area contributed by atoms with Crippen LogP contribution in [-0.2, 0) is 4.79 Å². The summed E-state index contributed by atoms with van der Waals surface area (Å²) in [5.41, 5.74) is 2.51. The zero-order valence-corrected chi connectivity index (χ0v) is 17.9. The van der Waals surface area contributed by atoms with Crippen LogP contribution in [0.15, 0.2) is 60.0 Å². The summed E-state index contributed by atoms with van der Waals surface area (Å²) < 4.78 is 34.8. The summed E-state index contributed by atoms with van der Waals surface area (Å²) in [5, 5.41) is 5.63. The first-order valence-corrected chi connectivity index (χ1v) is 10.5. The molecule has 0 bridgehead atoms. The van der Waals surface area contributed by atoms with Gasteiger partial charge in [-0.25, -0.2) is 4.98 Å². The lowest BCUT2D eigenvalue weighted by molar-refractivity contribution is -0.117. The van der Waals surface area contributed by atoms with Crippen molar-refractivity contribution in [3.8, 4) is 22.8 Å². The average molecular weight is 445 g/mol. The quantitative estimate of drug-likeness (QED) is 0.430. The van der Waals surface area contributed by atoms with Crippen LogP contribution in [0.2, 0.25) is 0 Å². The van der Waals surface area contributed by atoms with E-state index < -0.39 is 6.61 Å². The van der Waals surface area contributed by atoms with E-state index in [0.717, 1.165) is 16.3 Å². The number of aromatic nitrogens is 1. The molecule has 1 heterocycles. The van der Waals surface area contributed by atoms with E-state index in [1.807, 2.05) is 42.6 Å². The molecule has 0 spiro atoms. The number of halogens is 2. The first-order chi connectivity index (χ1) is 15.0. The number of rotatable bonds is 9. The summed E-state index contributed by atoms with van der Waals surface area (Å²) in [6, 6.07) is 14.1. The molecule has 0 aliphatic rings. The van der Waals surface area contributed by atoms with Gasteiger partial charge in [-0.05, 0) is 37.6 Å². The summed E-state index contributed by atoms with van der Waals surface area (Å²) in [7, 11) is 0. The Morgan fingerprint density at radius 1 is 1.19 bits per heavy atom. The maximum Gasteiger partial charge on any atom is 0.387 e. The lowest BCUT2D eigenvalue weighted by Gasteiger charge is -2.12. The highest BCUT2D eigenvalue weighted by molar-refractivity contribution is 7.10. The van der Waals surface area contributed by atoms with Crippen molar-refractivity contribution in [2.24, 2.45) is 0 Å². The number of alkyl halides is 2. The molecule has 0 radical (unpaired) electrons. The molecule has 1 aromatic heterocycles. The van der Waals surface area contributed by atoms with Crippen LogP contribution in [-0.4, -0.2) is 24.1 Å². The van der Waals surface area contributed by atoms with Crippen LogP contribution in [0, 0.1) is 0 Å². The molecule has 5 nitrogen and oxygen atoms in total. The highest BCUT2D eigenvalue weighted by Gasteiger charge is 2.14. The summed E-state index contributed by atoms with van der Waals surface area (Å²) in [6.07, 6.45) is 2.95. The Morgan fingerprint density at radius 2 is 1.97 bits per heavy atom. The van der Waals surface area contributed by atoms with Gasteiger partial charge in [0.2, 0.25) is 5.91 Å². The van der Waals surface area contributed by atoms with Crippen LogP contribution in [0.25, 0.3) is 17.3 Å². The van der Waals surface area contributed by atoms with Gasteiger partial charge >= 0.3 is 6.61 Å². The van der Waals surface area contributed by atoms with Gasteiger partial charge in [0.05, 0.1) is 18.3 Å². The van der Waals surface area contributed by atoms with Crippen LogP contribution >= 0.6 is 11.3 Å². The monoisotopic (exact) mass is 444 g/mol. The maximum absolute atomic E-state index is 12.5. The minimum Gasteiger partial charge on any atom is -0.490 e. The Kier molecular flexibility index (Phi) is 7.72. The van der Waals surface area contributed by atoms with Crippen molar-refractivity contribution in [1.82, 2.24) is 10.3 Å². The maximum atomic E-state index is 12.5. The largest absolute Gasteiger partial charge is 0.490 e. The highest BCUT2D eigenvalue weighted by atomic mass is 32.1. The Bertz CT molecular complexity index is 1040. The lowest BCUT2D eigenvalue weighted by atomic mass is 10.2. The topological polar surface area (TPSA) is 60.5 Å². The fourth-order valence-electron chi connectivity index (χ4n) is 2.81. The van der Waals surface area contributed by atoms with E-state index >= 15 is 0 Å². The predicted octanol–water partition coefficient (Wildman–Crippen LogP) is 5.70. The molecule has 0 aliphatic heterocycles. The first-order valence-electron chi connectivity index (χ1n) is 9.67. The second-order valence-electron chi connectivity index (χ2n) is 6.52. The van der Waals surface area contributed by atoms with E-state index in [4.69, 9.17) is 4.74 Å². The lowest BCUT2D eigenvalue weighted by Crippen LogP contribution is -2.24. The number of carbonyl (C=O) groups excluding carboxylic acids is 1.